The van der Waals surface area contributed by atoms with E-state index in [1.54, 1.807) is 4.90 Å². The Kier molecular flexibility index (Phi) is 5.59. The summed E-state index contributed by atoms with van der Waals surface area (Å²) in [5.41, 5.74) is 6.32. The molecule has 23 heavy (non-hydrogen) atoms. The van der Waals surface area contributed by atoms with Crippen LogP contribution in [0.25, 0.3) is 0 Å². The largest absolute Gasteiger partial charge is 0.444 e. The molecule has 0 aliphatic carbocycles. The van der Waals surface area contributed by atoms with Gasteiger partial charge in [0, 0.05) is 6.42 Å². The van der Waals surface area contributed by atoms with Crippen molar-refractivity contribution in [2.75, 3.05) is 6.54 Å². The topological polar surface area (TPSA) is 64.8 Å². The van der Waals surface area contributed by atoms with Crippen LogP contribution in [-0.2, 0) is 16.1 Å². The van der Waals surface area contributed by atoms with Gasteiger partial charge in [-0.25, -0.2) is 4.79 Å². The maximum Gasteiger partial charge on any atom is 0.410 e. The lowest BCUT2D eigenvalue weighted by molar-refractivity contribution is 0.0170. The highest BCUT2D eigenvalue weighted by molar-refractivity contribution is 7.80. The normalized spacial score (nSPS) is 21.3. The number of hydrogen-bond donors (Lipinski definition) is 1. The zero-order valence-corrected chi connectivity index (χ0v) is 14.6. The molecule has 0 aromatic heterocycles. The lowest BCUT2D eigenvalue weighted by Gasteiger charge is -2.27. The molecule has 126 valence electrons. The Balaban J connectivity index is 1.97. The average molecular weight is 336 g/mol. The molecule has 0 bridgehead atoms. The van der Waals surface area contributed by atoms with Gasteiger partial charge in [0.2, 0.25) is 0 Å². The summed E-state index contributed by atoms with van der Waals surface area (Å²) < 4.78 is 11.3. The van der Waals surface area contributed by atoms with Crippen molar-refractivity contribution in [3.05, 3.63) is 35.9 Å². The summed E-state index contributed by atoms with van der Waals surface area (Å²) in [5, 5.41) is 0. The fourth-order valence-corrected chi connectivity index (χ4v) is 2.72. The van der Waals surface area contributed by atoms with Crippen molar-refractivity contribution in [3.63, 3.8) is 0 Å². The summed E-state index contributed by atoms with van der Waals surface area (Å²) in [4.78, 5) is 14.2. The van der Waals surface area contributed by atoms with Gasteiger partial charge >= 0.3 is 6.09 Å². The maximum atomic E-state index is 12.3. The first-order valence-electron chi connectivity index (χ1n) is 7.71. The van der Waals surface area contributed by atoms with Crippen LogP contribution in [0.2, 0.25) is 0 Å². The van der Waals surface area contributed by atoms with Crippen molar-refractivity contribution in [3.8, 4) is 0 Å². The molecule has 1 aromatic carbocycles. The van der Waals surface area contributed by atoms with Gasteiger partial charge in [0.05, 0.1) is 30.3 Å². The molecule has 5 nitrogen and oxygen atoms in total. The molecule has 1 saturated heterocycles. The van der Waals surface area contributed by atoms with E-state index in [0.29, 0.717) is 24.6 Å². The lowest BCUT2D eigenvalue weighted by Crippen LogP contribution is -2.45. The second-order valence-electron chi connectivity index (χ2n) is 6.71. The first kappa shape index (κ1) is 17.7. The van der Waals surface area contributed by atoms with E-state index in [1.165, 1.54) is 0 Å². The molecule has 1 aliphatic rings. The summed E-state index contributed by atoms with van der Waals surface area (Å²) in [7, 11) is 0. The third kappa shape index (κ3) is 5.18. The SMILES string of the molecule is CC(C)(C)OC(=O)N1C[C@@H](OCc2ccccc2)C[C@H]1C(N)=S. The van der Waals surface area contributed by atoms with E-state index in [4.69, 9.17) is 27.4 Å². The third-order valence-corrected chi connectivity index (χ3v) is 3.82. The summed E-state index contributed by atoms with van der Waals surface area (Å²) in [5.74, 6) is 0. The standard InChI is InChI=1S/C17H24N2O3S/c1-17(2,3)22-16(20)19-10-13(9-14(19)15(18)23)21-11-12-7-5-4-6-8-12/h4-8,13-14H,9-11H2,1-3H3,(H2,18,23)/t13-,14-/m0/s1. The predicted molar refractivity (Wildman–Crippen MR) is 93.1 cm³/mol. The minimum Gasteiger partial charge on any atom is -0.444 e. The molecule has 0 spiro atoms. The Morgan fingerprint density at radius 1 is 1.35 bits per heavy atom. The predicted octanol–water partition coefficient (Wildman–Crippen LogP) is 2.87. The Morgan fingerprint density at radius 3 is 2.57 bits per heavy atom. The van der Waals surface area contributed by atoms with Gasteiger partial charge in [-0.2, -0.15) is 0 Å². The fraction of sp³-hybridized carbons (Fsp3) is 0.529. The van der Waals surface area contributed by atoms with Crippen LogP contribution in [-0.4, -0.2) is 40.3 Å². The molecule has 6 heteroatoms. The molecule has 1 amide bonds. The van der Waals surface area contributed by atoms with E-state index in [-0.39, 0.29) is 12.1 Å². The molecule has 1 heterocycles. The lowest BCUT2D eigenvalue weighted by atomic mass is 10.2. The van der Waals surface area contributed by atoms with E-state index in [9.17, 15) is 4.79 Å². The van der Waals surface area contributed by atoms with Crippen LogP contribution in [0.3, 0.4) is 0 Å². The first-order valence-corrected chi connectivity index (χ1v) is 8.11. The van der Waals surface area contributed by atoms with Crippen LogP contribution in [0.1, 0.15) is 32.8 Å². The fourth-order valence-electron chi connectivity index (χ4n) is 2.50. The number of amides is 1. The van der Waals surface area contributed by atoms with Crippen LogP contribution in [0.4, 0.5) is 4.79 Å². The van der Waals surface area contributed by atoms with Gasteiger partial charge in [0.15, 0.2) is 0 Å². The van der Waals surface area contributed by atoms with Gasteiger partial charge in [-0.15, -0.1) is 0 Å². The van der Waals surface area contributed by atoms with Crippen molar-refractivity contribution in [2.45, 2.75) is 51.5 Å². The van der Waals surface area contributed by atoms with Crippen LogP contribution in [0.5, 0.6) is 0 Å². The number of carbonyl (C=O) groups excluding carboxylic acids is 1. The molecule has 0 unspecified atom stereocenters. The Labute approximate surface area is 142 Å². The van der Waals surface area contributed by atoms with Crippen molar-refractivity contribution >= 4 is 23.3 Å². The highest BCUT2D eigenvalue weighted by Gasteiger charge is 2.39. The number of rotatable bonds is 4. The Hall–Kier alpha value is -1.66. The number of nitrogens with zero attached hydrogens (tertiary/aromatic N) is 1. The Morgan fingerprint density at radius 2 is 2.00 bits per heavy atom. The quantitative estimate of drug-likeness (QED) is 0.857. The minimum atomic E-state index is -0.555. The second-order valence-corrected chi connectivity index (χ2v) is 7.18. The maximum absolute atomic E-state index is 12.3. The number of nitrogens with two attached hydrogens (primary N) is 1. The van der Waals surface area contributed by atoms with E-state index in [2.05, 4.69) is 0 Å². The monoisotopic (exact) mass is 336 g/mol. The number of ether oxygens (including phenoxy) is 2. The van der Waals surface area contributed by atoms with E-state index in [1.807, 2.05) is 51.1 Å². The molecule has 2 atom stereocenters. The number of hydrogen-bond acceptors (Lipinski definition) is 4. The molecule has 1 aliphatic heterocycles. The Bertz CT molecular complexity index is 557. The molecular formula is C17H24N2O3S. The highest BCUT2D eigenvalue weighted by Crippen LogP contribution is 2.24. The molecule has 0 saturated carbocycles. The summed E-state index contributed by atoms with van der Waals surface area (Å²) in [6.07, 6.45) is 0.0943. The van der Waals surface area contributed by atoms with Crippen LogP contribution >= 0.6 is 12.2 Å². The number of benzene rings is 1. The van der Waals surface area contributed by atoms with Gasteiger partial charge in [-0.1, -0.05) is 42.5 Å². The second kappa shape index (κ2) is 7.27. The summed E-state index contributed by atoms with van der Waals surface area (Å²) >= 11 is 5.10. The number of thiocarbonyl (C=S) groups is 1. The molecule has 2 rings (SSSR count). The van der Waals surface area contributed by atoms with E-state index >= 15 is 0 Å². The number of likely N-dealkylation sites (tertiary alicyclic amines) is 1. The van der Waals surface area contributed by atoms with Crippen LogP contribution in [0.15, 0.2) is 30.3 Å². The van der Waals surface area contributed by atoms with Gasteiger partial charge in [0.25, 0.3) is 0 Å². The number of carbonyl (C=O) groups is 1. The summed E-state index contributed by atoms with van der Waals surface area (Å²) in [6, 6.07) is 9.60. The van der Waals surface area contributed by atoms with Crippen molar-refractivity contribution in [1.29, 1.82) is 0 Å². The highest BCUT2D eigenvalue weighted by atomic mass is 32.1. The first-order chi connectivity index (χ1) is 10.8. The summed E-state index contributed by atoms with van der Waals surface area (Å²) in [6.45, 7) is 6.43. The molecule has 1 fully saturated rings. The van der Waals surface area contributed by atoms with Gasteiger partial charge in [-0.3, -0.25) is 4.90 Å². The average Bonchev–Trinajstić information content (AvgIpc) is 2.89. The van der Waals surface area contributed by atoms with E-state index in [0.717, 1.165) is 5.56 Å². The van der Waals surface area contributed by atoms with Crippen LogP contribution in [0, 0.1) is 0 Å². The third-order valence-electron chi connectivity index (χ3n) is 3.55. The minimum absolute atomic E-state index is 0.103. The van der Waals surface area contributed by atoms with Crippen molar-refractivity contribution in [1.82, 2.24) is 4.90 Å². The van der Waals surface area contributed by atoms with E-state index < -0.39 is 11.7 Å². The molecule has 1 aromatic rings. The zero-order chi connectivity index (χ0) is 17.0. The van der Waals surface area contributed by atoms with Crippen molar-refractivity contribution < 1.29 is 14.3 Å². The molecular weight excluding hydrogens is 312 g/mol. The van der Waals surface area contributed by atoms with Gasteiger partial charge < -0.3 is 15.2 Å². The molecule has 2 N–H and O–H groups in total. The van der Waals surface area contributed by atoms with Gasteiger partial charge in [0.1, 0.15) is 5.60 Å². The smallest absolute Gasteiger partial charge is 0.410 e. The van der Waals surface area contributed by atoms with Gasteiger partial charge in [-0.05, 0) is 26.3 Å². The van der Waals surface area contributed by atoms with Crippen LogP contribution < -0.4 is 5.73 Å². The molecule has 0 radical (unpaired) electrons. The van der Waals surface area contributed by atoms with Crippen molar-refractivity contribution in [2.24, 2.45) is 5.73 Å². The zero-order valence-electron chi connectivity index (χ0n) is 13.8.